The number of hydrogen-bond donors (Lipinski definition) is 2. The Labute approximate surface area is 91.3 Å². The van der Waals surface area contributed by atoms with Gasteiger partial charge in [0.05, 0.1) is 18.6 Å². The zero-order valence-electron chi connectivity index (χ0n) is 7.57. The number of nitrogens with two attached hydrogens (primary N) is 1. The van der Waals surface area contributed by atoms with E-state index in [0.29, 0.717) is 6.54 Å². The molecule has 3 N–H and O–H groups in total. The van der Waals surface area contributed by atoms with Gasteiger partial charge in [-0.15, -0.1) is 0 Å². The lowest BCUT2D eigenvalue weighted by atomic mass is 10.0. The van der Waals surface area contributed by atoms with Crippen molar-refractivity contribution >= 4 is 15.9 Å². The molecule has 1 aromatic carbocycles. The van der Waals surface area contributed by atoms with Gasteiger partial charge in [0, 0.05) is 11.0 Å². The molecule has 0 saturated heterocycles. The fraction of sp³-hybridized carbons (Fsp3) is 0.300. The van der Waals surface area contributed by atoms with E-state index >= 15 is 0 Å². The predicted molar refractivity (Wildman–Crippen MR) is 57.2 cm³/mol. The van der Waals surface area contributed by atoms with Crippen LogP contribution in [0.3, 0.4) is 0 Å². The van der Waals surface area contributed by atoms with Gasteiger partial charge in [0.1, 0.15) is 0 Å². The van der Waals surface area contributed by atoms with Crippen LogP contribution < -0.4 is 5.73 Å². The molecule has 14 heavy (non-hydrogen) atoms. The Balaban J connectivity index is 3.08. The molecule has 1 rings (SSSR count). The largest absolute Gasteiger partial charge is 0.387 e. The van der Waals surface area contributed by atoms with Gasteiger partial charge >= 0.3 is 0 Å². The van der Waals surface area contributed by atoms with E-state index in [4.69, 9.17) is 11.0 Å². The Morgan fingerprint density at radius 1 is 1.57 bits per heavy atom. The first-order valence-corrected chi connectivity index (χ1v) is 5.02. The molecule has 1 aromatic rings. The minimum Gasteiger partial charge on any atom is -0.387 e. The van der Waals surface area contributed by atoms with Crippen molar-refractivity contribution in [2.45, 2.75) is 19.1 Å². The van der Waals surface area contributed by atoms with Crippen LogP contribution in [0.25, 0.3) is 0 Å². The lowest BCUT2D eigenvalue weighted by Crippen LogP contribution is -2.06. The third-order valence-electron chi connectivity index (χ3n) is 2.00. The summed E-state index contributed by atoms with van der Waals surface area (Å²) < 4.78 is 0.870. The molecule has 3 nitrogen and oxygen atoms in total. The number of hydrogen-bond acceptors (Lipinski definition) is 3. The highest BCUT2D eigenvalue weighted by atomic mass is 79.9. The third-order valence-corrected chi connectivity index (χ3v) is 2.75. The van der Waals surface area contributed by atoms with E-state index in [1.165, 1.54) is 0 Å². The summed E-state index contributed by atoms with van der Waals surface area (Å²) in [6.45, 7) is 0.346. The van der Waals surface area contributed by atoms with Gasteiger partial charge in [0.25, 0.3) is 0 Å². The Hall–Kier alpha value is -0.890. The molecule has 0 radical (unpaired) electrons. The highest BCUT2D eigenvalue weighted by Crippen LogP contribution is 2.26. The molecule has 0 fully saturated rings. The minimum absolute atomic E-state index is 0.0868. The quantitative estimate of drug-likeness (QED) is 0.865. The molecule has 4 heteroatoms. The molecular weight excluding hydrogens is 244 g/mol. The summed E-state index contributed by atoms with van der Waals surface area (Å²) in [6.07, 6.45) is -0.667. The standard InChI is InChI=1S/C10H11BrN2O/c11-9-3-1-2-7(8(9)6-13)10(14)4-5-12/h1-3,10,14H,4,6,13H2. The number of nitriles is 1. The number of aliphatic hydroxyl groups excluding tert-OH is 1. The van der Waals surface area contributed by atoms with Crippen molar-refractivity contribution in [1.82, 2.24) is 0 Å². The van der Waals surface area contributed by atoms with Crippen LogP contribution in [0.5, 0.6) is 0 Å². The maximum absolute atomic E-state index is 9.66. The summed E-state index contributed by atoms with van der Waals surface area (Å²) in [5.74, 6) is 0. The Morgan fingerprint density at radius 3 is 2.86 bits per heavy atom. The highest BCUT2D eigenvalue weighted by molar-refractivity contribution is 9.10. The first kappa shape index (κ1) is 11.2. The maximum atomic E-state index is 9.66. The zero-order valence-corrected chi connectivity index (χ0v) is 9.16. The molecule has 0 spiro atoms. The topological polar surface area (TPSA) is 70.0 Å². The molecule has 1 unspecified atom stereocenters. The molecule has 0 aliphatic carbocycles. The molecule has 0 bridgehead atoms. The lowest BCUT2D eigenvalue weighted by molar-refractivity contribution is 0.182. The van der Waals surface area contributed by atoms with Gasteiger partial charge in [-0.2, -0.15) is 5.26 Å². The number of rotatable bonds is 3. The normalized spacial score (nSPS) is 12.1. The number of aliphatic hydroxyl groups is 1. The maximum Gasteiger partial charge on any atom is 0.0923 e. The molecule has 0 aliphatic heterocycles. The van der Waals surface area contributed by atoms with Crippen LogP contribution in [0.15, 0.2) is 22.7 Å². The van der Waals surface area contributed by atoms with Crippen molar-refractivity contribution in [1.29, 1.82) is 5.26 Å². The number of nitrogens with zero attached hydrogens (tertiary/aromatic N) is 1. The van der Waals surface area contributed by atoms with Gasteiger partial charge in [-0.3, -0.25) is 0 Å². The predicted octanol–water partition coefficient (Wildman–Crippen LogP) is 1.85. The molecule has 0 heterocycles. The van der Waals surface area contributed by atoms with Crippen molar-refractivity contribution in [2.24, 2.45) is 5.73 Å². The van der Waals surface area contributed by atoms with Crippen molar-refractivity contribution in [3.8, 4) is 6.07 Å². The van der Waals surface area contributed by atoms with E-state index in [2.05, 4.69) is 15.9 Å². The molecule has 1 atom stereocenters. The van der Waals surface area contributed by atoms with Gasteiger partial charge in [-0.1, -0.05) is 28.1 Å². The Kier molecular flexibility index (Phi) is 4.08. The van der Waals surface area contributed by atoms with Crippen LogP contribution in [-0.4, -0.2) is 5.11 Å². The van der Waals surface area contributed by atoms with E-state index < -0.39 is 6.10 Å². The van der Waals surface area contributed by atoms with Crippen LogP contribution in [-0.2, 0) is 6.54 Å². The fourth-order valence-corrected chi connectivity index (χ4v) is 1.84. The van der Waals surface area contributed by atoms with Gasteiger partial charge in [0.15, 0.2) is 0 Å². The lowest BCUT2D eigenvalue weighted by Gasteiger charge is -2.13. The van der Waals surface area contributed by atoms with Crippen LogP contribution >= 0.6 is 15.9 Å². The monoisotopic (exact) mass is 254 g/mol. The summed E-state index contributed by atoms with van der Waals surface area (Å²) in [7, 11) is 0. The van der Waals surface area contributed by atoms with Crippen molar-refractivity contribution < 1.29 is 5.11 Å². The SMILES string of the molecule is N#CCC(O)c1cccc(Br)c1CN. The summed E-state index contributed by atoms with van der Waals surface area (Å²) in [5.41, 5.74) is 7.14. The first-order chi connectivity index (χ1) is 6.70. The van der Waals surface area contributed by atoms with Crippen molar-refractivity contribution in [3.05, 3.63) is 33.8 Å². The average Bonchev–Trinajstić information content (AvgIpc) is 2.17. The second kappa shape index (κ2) is 5.11. The van der Waals surface area contributed by atoms with E-state index in [1.807, 2.05) is 18.2 Å². The third kappa shape index (κ3) is 2.32. The summed E-state index contributed by atoms with van der Waals surface area (Å²) in [5, 5.41) is 18.1. The Bertz CT molecular complexity index is 360. The zero-order chi connectivity index (χ0) is 10.6. The average molecular weight is 255 g/mol. The molecule has 0 saturated carbocycles. The summed E-state index contributed by atoms with van der Waals surface area (Å²) in [6, 6.07) is 7.40. The van der Waals surface area contributed by atoms with Gasteiger partial charge < -0.3 is 10.8 Å². The second-order valence-electron chi connectivity index (χ2n) is 2.89. The molecule has 74 valence electrons. The van der Waals surface area contributed by atoms with Crippen LogP contribution in [0.1, 0.15) is 23.7 Å². The first-order valence-electron chi connectivity index (χ1n) is 4.23. The molecule has 0 amide bonds. The fourth-order valence-electron chi connectivity index (χ4n) is 1.30. The van der Waals surface area contributed by atoms with Crippen molar-refractivity contribution in [3.63, 3.8) is 0 Å². The van der Waals surface area contributed by atoms with Gasteiger partial charge in [-0.25, -0.2) is 0 Å². The van der Waals surface area contributed by atoms with Gasteiger partial charge in [-0.05, 0) is 17.2 Å². The minimum atomic E-state index is -0.754. The van der Waals surface area contributed by atoms with Crippen LogP contribution in [0.4, 0.5) is 0 Å². The van der Waals surface area contributed by atoms with E-state index in [9.17, 15) is 5.11 Å². The van der Waals surface area contributed by atoms with Crippen molar-refractivity contribution in [2.75, 3.05) is 0 Å². The molecular formula is C10H11BrN2O. The van der Waals surface area contributed by atoms with E-state index in [1.54, 1.807) is 6.07 Å². The Morgan fingerprint density at radius 2 is 2.29 bits per heavy atom. The van der Waals surface area contributed by atoms with E-state index in [0.717, 1.165) is 15.6 Å². The molecule has 0 aliphatic rings. The van der Waals surface area contributed by atoms with Crippen LogP contribution in [0.2, 0.25) is 0 Å². The number of halogens is 1. The molecule has 0 aromatic heterocycles. The second-order valence-corrected chi connectivity index (χ2v) is 3.74. The summed E-state index contributed by atoms with van der Waals surface area (Å²) >= 11 is 3.35. The highest BCUT2D eigenvalue weighted by Gasteiger charge is 2.12. The van der Waals surface area contributed by atoms with E-state index in [-0.39, 0.29) is 6.42 Å². The smallest absolute Gasteiger partial charge is 0.0923 e. The number of benzene rings is 1. The van der Waals surface area contributed by atoms with Gasteiger partial charge in [0.2, 0.25) is 0 Å². The summed E-state index contributed by atoms with van der Waals surface area (Å²) in [4.78, 5) is 0. The van der Waals surface area contributed by atoms with Crippen LogP contribution in [0, 0.1) is 11.3 Å².